The second-order valence-electron chi connectivity index (χ2n) is 7.97. The van der Waals surface area contributed by atoms with Crippen LogP contribution in [-0.2, 0) is 13.0 Å². The van der Waals surface area contributed by atoms with Crippen molar-refractivity contribution in [2.24, 2.45) is 5.92 Å². The van der Waals surface area contributed by atoms with Gasteiger partial charge in [0.2, 0.25) is 0 Å². The van der Waals surface area contributed by atoms with Gasteiger partial charge in [-0.2, -0.15) is 0 Å². The molecule has 0 atom stereocenters. The molecule has 0 spiro atoms. The van der Waals surface area contributed by atoms with Crippen molar-refractivity contribution in [3.63, 3.8) is 0 Å². The fourth-order valence-electron chi connectivity index (χ4n) is 3.98. The average Bonchev–Trinajstić information content (AvgIpc) is 3.43. The fraction of sp³-hybridized carbons (Fsp3) is 0.429. The minimum absolute atomic E-state index is 0.456. The molecule has 8 heteroatoms. The first-order valence-corrected chi connectivity index (χ1v) is 10.4. The minimum Gasteiger partial charge on any atom is -0.367 e. The van der Waals surface area contributed by atoms with E-state index in [1.807, 2.05) is 21.6 Å². The zero-order valence-electron chi connectivity index (χ0n) is 16.0. The van der Waals surface area contributed by atoms with Crippen molar-refractivity contribution in [3.05, 3.63) is 58.5 Å². The molecule has 5 rings (SSSR count). The molecule has 29 heavy (non-hydrogen) atoms. The molecule has 1 saturated heterocycles. The lowest BCUT2D eigenvalue weighted by Crippen LogP contribution is -2.46. The molecule has 1 aliphatic carbocycles. The summed E-state index contributed by atoms with van der Waals surface area (Å²) in [4.78, 5) is 4.25. The van der Waals surface area contributed by atoms with Crippen molar-refractivity contribution in [2.45, 2.75) is 25.8 Å². The van der Waals surface area contributed by atoms with E-state index in [-0.39, 0.29) is 0 Å². The standard InChI is InChI=1S/C21H22ClF2N5/c22-20-15(5-6-29-19(11-14-1-2-14)25-26-21(20)29)13-27-7-9-28(10-8-27)18-4-3-16(23)12-17(18)24/h3-6,12,14H,1-2,7-11,13H2. The van der Waals surface area contributed by atoms with Crippen molar-refractivity contribution in [2.75, 3.05) is 31.1 Å². The number of hydrogen-bond donors (Lipinski definition) is 0. The van der Waals surface area contributed by atoms with E-state index in [2.05, 4.69) is 15.1 Å². The molecule has 152 valence electrons. The number of fused-ring (bicyclic) bond motifs is 1. The molecule has 0 amide bonds. The van der Waals surface area contributed by atoms with Crippen molar-refractivity contribution < 1.29 is 8.78 Å². The van der Waals surface area contributed by atoms with Gasteiger partial charge in [0, 0.05) is 51.4 Å². The Morgan fingerprint density at radius 1 is 1.03 bits per heavy atom. The SMILES string of the molecule is Fc1ccc(N2CCN(Cc3ccn4c(CC5CC5)nnc4c3Cl)CC2)c(F)c1. The van der Waals surface area contributed by atoms with Gasteiger partial charge in [-0.05, 0) is 42.5 Å². The highest BCUT2D eigenvalue weighted by atomic mass is 35.5. The lowest BCUT2D eigenvalue weighted by atomic mass is 10.2. The third-order valence-corrected chi connectivity index (χ3v) is 6.27. The van der Waals surface area contributed by atoms with Gasteiger partial charge in [-0.25, -0.2) is 8.78 Å². The summed E-state index contributed by atoms with van der Waals surface area (Å²) in [6, 6.07) is 5.79. The Bertz CT molecular complexity index is 1040. The molecule has 0 unspecified atom stereocenters. The quantitative estimate of drug-likeness (QED) is 0.630. The lowest BCUT2D eigenvalue weighted by Gasteiger charge is -2.36. The van der Waals surface area contributed by atoms with Gasteiger partial charge in [0.1, 0.15) is 17.5 Å². The topological polar surface area (TPSA) is 36.7 Å². The van der Waals surface area contributed by atoms with Crippen molar-refractivity contribution >= 4 is 22.9 Å². The number of hydrogen-bond acceptors (Lipinski definition) is 4. The number of piperazine rings is 1. The summed E-state index contributed by atoms with van der Waals surface area (Å²) in [5.74, 6) is 0.651. The van der Waals surface area contributed by atoms with Crippen LogP contribution in [0.2, 0.25) is 5.02 Å². The summed E-state index contributed by atoms with van der Waals surface area (Å²) in [6.45, 7) is 3.62. The molecule has 3 heterocycles. The molecule has 0 bridgehead atoms. The highest BCUT2D eigenvalue weighted by Crippen LogP contribution is 2.33. The zero-order valence-corrected chi connectivity index (χ0v) is 16.7. The first-order valence-electron chi connectivity index (χ1n) is 10.0. The van der Waals surface area contributed by atoms with Gasteiger partial charge < -0.3 is 4.90 Å². The van der Waals surface area contributed by atoms with E-state index >= 15 is 0 Å². The van der Waals surface area contributed by atoms with Gasteiger partial charge in [0.15, 0.2) is 5.65 Å². The van der Waals surface area contributed by atoms with Crippen LogP contribution in [0.15, 0.2) is 30.5 Å². The molecular formula is C21H22ClF2N5. The Balaban J connectivity index is 1.26. The number of anilines is 1. The normalized spacial score (nSPS) is 18.0. The van der Waals surface area contributed by atoms with Crippen LogP contribution in [-0.4, -0.2) is 45.7 Å². The second-order valence-corrected chi connectivity index (χ2v) is 8.35. The summed E-state index contributed by atoms with van der Waals surface area (Å²) in [7, 11) is 0. The smallest absolute Gasteiger partial charge is 0.179 e. The maximum atomic E-state index is 14.0. The third kappa shape index (κ3) is 3.81. The monoisotopic (exact) mass is 417 g/mol. The molecule has 1 aliphatic heterocycles. The summed E-state index contributed by atoms with van der Waals surface area (Å²) >= 11 is 6.64. The first-order chi connectivity index (χ1) is 14.1. The summed E-state index contributed by atoms with van der Waals surface area (Å²) in [5.41, 5.74) is 2.19. The van der Waals surface area contributed by atoms with Gasteiger partial charge in [0.25, 0.3) is 0 Å². The van der Waals surface area contributed by atoms with Gasteiger partial charge in [0.05, 0.1) is 10.7 Å². The van der Waals surface area contributed by atoms with E-state index in [4.69, 9.17) is 11.6 Å². The summed E-state index contributed by atoms with van der Waals surface area (Å²) in [5, 5.41) is 9.28. The summed E-state index contributed by atoms with van der Waals surface area (Å²) < 4.78 is 29.2. The number of halogens is 3. The van der Waals surface area contributed by atoms with Crippen LogP contribution in [0, 0.1) is 17.6 Å². The van der Waals surface area contributed by atoms with Crippen LogP contribution in [0.1, 0.15) is 24.2 Å². The number of rotatable bonds is 5. The molecule has 1 aromatic carbocycles. The van der Waals surface area contributed by atoms with E-state index in [1.165, 1.54) is 25.0 Å². The second kappa shape index (κ2) is 7.54. The van der Waals surface area contributed by atoms with E-state index in [0.717, 1.165) is 42.9 Å². The molecule has 1 saturated carbocycles. The highest BCUT2D eigenvalue weighted by Gasteiger charge is 2.25. The van der Waals surface area contributed by atoms with E-state index in [9.17, 15) is 8.78 Å². The number of benzene rings is 1. The van der Waals surface area contributed by atoms with Gasteiger partial charge in [-0.3, -0.25) is 9.30 Å². The lowest BCUT2D eigenvalue weighted by molar-refractivity contribution is 0.249. The molecule has 5 nitrogen and oxygen atoms in total. The van der Waals surface area contributed by atoms with Crippen LogP contribution in [0.4, 0.5) is 14.5 Å². The molecular weight excluding hydrogens is 396 g/mol. The minimum atomic E-state index is -0.552. The molecule has 0 radical (unpaired) electrons. The molecule has 0 N–H and O–H groups in total. The molecule has 2 fully saturated rings. The van der Waals surface area contributed by atoms with Crippen molar-refractivity contribution in [3.8, 4) is 0 Å². The number of nitrogens with zero attached hydrogens (tertiary/aromatic N) is 5. The predicted molar refractivity (Wildman–Crippen MR) is 108 cm³/mol. The van der Waals surface area contributed by atoms with Crippen LogP contribution in [0.25, 0.3) is 5.65 Å². The van der Waals surface area contributed by atoms with Crippen LogP contribution in [0.3, 0.4) is 0 Å². The fourth-order valence-corrected chi connectivity index (χ4v) is 4.23. The van der Waals surface area contributed by atoms with Crippen molar-refractivity contribution in [1.82, 2.24) is 19.5 Å². The predicted octanol–water partition coefficient (Wildman–Crippen LogP) is 3.94. The largest absolute Gasteiger partial charge is 0.367 e. The Morgan fingerprint density at radius 3 is 2.55 bits per heavy atom. The zero-order chi connectivity index (χ0) is 20.0. The van der Waals surface area contributed by atoms with E-state index in [1.54, 1.807) is 0 Å². The highest BCUT2D eigenvalue weighted by molar-refractivity contribution is 6.34. The van der Waals surface area contributed by atoms with Gasteiger partial charge in [-0.15, -0.1) is 10.2 Å². The van der Waals surface area contributed by atoms with E-state index < -0.39 is 11.6 Å². The number of aromatic nitrogens is 3. The Hall–Kier alpha value is -2.25. The Labute approximate surface area is 172 Å². The Morgan fingerprint density at radius 2 is 1.83 bits per heavy atom. The number of pyridine rings is 1. The average molecular weight is 418 g/mol. The van der Waals surface area contributed by atoms with Crippen LogP contribution >= 0.6 is 11.6 Å². The molecule has 2 aliphatic rings. The summed E-state index contributed by atoms with van der Waals surface area (Å²) in [6.07, 6.45) is 5.51. The van der Waals surface area contributed by atoms with Gasteiger partial charge in [-0.1, -0.05) is 11.6 Å². The van der Waals surface area contributed by atoms with Gasteiger partial charge >= 0.3 is 0 Å². The van der Waals surface area contributed by atoms with Crippen LogP contribution in [0.5, 0.6) is 0 Å². The maximum Gasteiger partial charge on any atom is 0.179 e. The Kier molecular flexibility index (Phi) is 4.87. The molecule has 2 aromatic heterocycles. The molecule has 3 aromatic rings. The first kappa shape index (κ1) is 18.8. The van der Waals surface area contributed by atoms with Crippen LogP contribution < -0.4 is 4.90 Å². The van der Waals surface area contributed by atoms with E-state index in [0.29, 0.717) is 36.0 Å². The maximum absolute atomic E-state index is 14.0. The van der Waals surface area contributed by atoms with Crippen molar-refractivity contribution in [1.29, 1.82) is 0 Å². The third-order valence-electron chi connectivity index (χ3n) is 5.85.